The molecule has 1 aromatic heterocycles. The molecule has 0 spiro atoms. The van der Waals surface area contributed by atoms with Crippen molar-refractivity contribution < 1.29 is 23.6 Å². The number of nitrogens with zero attached hydrogens (tertiary/aromatic N) is 2. The van der Waals surface area contributed by atoms with Gasteiger partial charge in [0.2, 0.25) is 11.4 Å². The van der Waals surface area contributed by atoms with Gasteiger partial charge >= 0.3 is 11.0 Å². The average molecular weight is 220 g/mol. The van der Waals surface area contributed by atoms with E-state index in [9.17, 15) is 14.6 Å². The highest BCUT2D eigenvalue weighted by molar-refractivity contribution is 7.92. The van der Waals surface area contributed by atoms with Crippen LogP contribution in [0.2, 0.25) is 0 Å². The predicted octanol–water partition coefficient (Wildman–Crippen LogP) is -1.10. The van der Waals surface area contributed by atoms with Gasteiger partial charge in [0.1, 0.15) is 5.16 Å². The summed E-state index contributed by atoms with van der Waals surface area (Å²) in [4.78, 5) is 10.9. The highest BCUT2D eigenvalue weighted by atomic mass is 32.2. The van der Waals surface area contributed by atoms with Crippen molar-refractivity contribution in [3.8, 4) is 0 Å². The van der Waals surface area contributed by atoms with Crippen LogP contribution in [0.25, 0.3) is 0 Å². The quantitative estimate of drug-likeness (QED) is 0.364. The summed E-state index contributed by atoms with van der Waals surface area (Å²) in [5.74, 6) is -0.979. The van der Waals surface area contributed by atoms with Crippen LogP contribution in [0, 0.1) is 12.1 Å². The number of ether oxygens (including phenoxy) is 1. The SMILES string of the molecule is COC(=O)C[S+]([O-])c1no[n+]([O-])c1C. The first-order valence-corrected chi connectivity index (χ1v) is 4.89. The Kier molecular flexibility index (Phi) is 3.31. The number of carbonyl (C=O) groups is 1. The minimum Gasteiger partial charge on any atom is -0.608 e. The van der Waals surface area contributed by atoms with Gasteiger partial charge in [-0.15, -0.1) is 0 Å². The number of carbonyl (C=O) groups excluding carboxylic acids is 1. The highest BCUT2D eigenvalue weighted by Crippen LogP contribution is 2.10. The fourth-order valence-corrected chi connectivity index (χ4v) is 1.71. The lowest BCUT2D eigenvalue weighted by Crippen LogP contribution is -2.27. The first-order valence-electron chi connectivity index (χ1n) is 3.57. The van der Waals surface area contributed by atoms with Crippen molar-refractivity contribution in [3.05, 3.63) is 10.9 Å². The lowest BCUT2D eigenvalue weighted by molar-refractivity contribution is -0.807. The lowest BCUT2D eigenvalue weighted by Gasteiger charge is -2.02. The van der Waals surface area contributed by atoms with Gasteiger partial charge in [-0.3, -0.25) is 4.63 Å². The number of rotatable bonds is 3. The third-order valence-corrected chi connectivity index (χ3v) is 2.77. The van der Waals surface area contributed by atoms with Crippen LogP contribution in [-0.2, 0) is 20.7 Å². The summed E-state index contributed by atoms with van der Waals surface area (Å²) in [6.45, 7) is 1.40. The molecule has 1 rings (SSSR count). The molecular formula is C6H8N2O5S. The van der Waals surface area contributed by atoms with Gasteiger partial charge in [0.05, 0.1) is 7.11 Å². The Morgan fingerprint density at radius 1 is 1.79 bits per heavy atom. The van der Waals surface area contributed by atoms with Gasteiger partial charge in [-0.2, -0.15) is 0 Å². The maximum absolute atomic E-state index is 11.4. The first-order chi connectivity index (χ1) is 6.56. The van der Waals surface area contributed by atoms with E-state index in [4.69, 9.17) is 0 Å². The lowest BCUT2D eigenvalue weighted by atomic mass is 10.6. The summed E-state index contributed by atoms with van der Waals surface area (Å²) in [7, 11) is 1.18. The van der Waals surface area contributed by atoms with Crippen molar-refractivity contribution >= 4 is 17.1 Å². The van der Waals surface area contributed by atoms with Crippen molar-refractivity contribution in [3.63, 3.8) is 0 Å². The Bertz CT molecular complexity index is 339. The minimum absolute atomic E-state index is 0.0367. The minimum atomic E-state index is -1.70. The number of methoxy groups -OCH3 is 1. The monoisotopic (exact) mass is 220 g/mol. The topological polar surface area (TPSA) is 102 Å². The number of esters is 1. The smallest absolute Gasteiger partial charge is 0.416 e. The number of aromatic nitrogens is 2. The van der Waals surface area contributed by atoms with Crippen LogP contribution in [0.15, 0.2) is 9.65 Å². The van der Waals surface area contributed by atoms with Crippen molar-refractivity contribution in [2.24, 2.45) is 0 Å². The van der Waals surface area contributed by atoms with Crippen LogP contribution in [-0.4, -0.2) is 28.5 Å². The van der Waals surface area contributed by atoms with Crippen molar-refractivity contribution in [1.29, 1.82) is 0 Å². The maximum Gasteiger partial charge on any atom is 0.416 e. The van der Waals surface area contributed by atoms with Crippen LogP contribution in [0.5, 0.6) is 0 Å². The molecule has 0 saturated carbocycles. The summed E-state index contributed by atoms with van der Waals surface area (Å²) in [5.41, 5.74) is 0.0761. The van der Waals surface area contributed by atoms with Crippen molar-refractivity contribution in [2.75, 3.05) is 12.9 Å². The molecular weight excluding hydrogens is 212 g/mol. The van der Waals surface area contributed by atoms with Crippen LogP contribution in [0.3, 0.4) is 0 Å². The molecule has 78 valence electrons. The van der Waals surface area contributed by atoms with E-state index < -0.39 is 17.1 Å². The standard InChI is InChI=1S/C6H8N2O5S/c1-4-6(7-13-8(4)10)14(11)3-5(9)12-2/h3H2,1-2H3. The molecule has 14 heavy (non-hydrogen) atoms. The summed E-state index contributed by atoms with van der Waals surface area (Å²) >= 11 is -1.70. The molecule has 0 fully saturated rings. The summed E-state index contributed by atoms with van der Waals surface area (Å²) in [5, 5.41) is 14.0. The molecule has 0 aliphatic heterocycles. The summed E-state index contributed by atoms with van der Waals surface area (Å²) in [6.07, 6.45) is 0. The van der Waals surface area contributed by atoms with Gasteiger partial charge in [-0.1, -0.05) is 0 Å². The molecule has 0 aliphatic rings. The van der Waals surface area contributed by atoms with Gasteiger partial charge < -0.3 is 14.5 Å². The van der Waals surface area contributed by atoms with Crippen LogP contribution in [0.1, 0.15) is 5.69 Å². The molecule has 1 atom stereocenters. The Balaban J connectivity index is 2.74. The Morgan fingerprint density at radius 2 is 2.43 bits per heavy atom. The highest BCUT2D eigenvalue weighted by Gasteiger charge is 2.30. The summed E-state index contributed by atoms with van der Waals surface area (Å²) < 4.78 is 19.9. The molecule has 8 heteroatoms. The molecule has 1 heterocycles. The first kappa shape index (κ1) is 10.8. The zero-order valence-corrected chi connectivity index (χ0v) is 8.37. The molecule has 0 N–H and O–H groups in total. The van der Waals surface area contributed by atoms with Gasteiger partial charge in [-0.05, 0) is 4.90 Å². The van der Waals surface area contributed by atoms with Gasteiger partial charge in [0.15, 0.2) is 0 Å². The second-order valence-electron chi connectivity index (χ2n) is 2.39. The van der Waals surface area contributed by atoms with E-state index in [1.807, 2.05) is 0 Å². The van der Waals surface area contributed by atoms with Crippen LogP contribution >= 0.6 is 0 Å². The fraction of sp³-hybridized carbons (Fsp3) is 0.500. The van der Waals surface area contributed by atoms with Crippen molar-refractivity contribution in [1.82, 2.24) is 5.16 Å². The molecule has 0 bridgehead atoms. The third kappa shape index (κ3) is 2.15. The van der Waals surface area contributed by atoms with E-state index in [1.165, 1.54) is 14.0 Å². The fourth-order valence-electron chi connectivity index (χ4n) is 0.720. The largest absolute Gasteiger partial charge is 0.608 e. The molecule has 0 aromatic carbocycles. The predicted molar refractivity (Wildman–Crippen MR) is 43.5 cm³/mol. The molecule has 1 unspecified atom stereocenters. The van der Waals surface area contributed by atoms with E-state index in [0.29, 0.717) is 0 Å². The van der Waals surface area contributed by atoms with Gasteiger partial charge in [-0.25, -0.2) is 4.79 Å². The third-order valence-electron chi connectivity index (χ3n) is 1.47. The number of hydrogen-bond acceptors (Lipinski definition) is 6. The Hall–Kier alpha value is -1.28. The molecule has 0 radical (unpaired) electrons. The Morgan fingerprint density at radius 3 is 2.86 bits per heavy atom. The molecule has 0 amide bonds. The second-order valence-corrected chi connectivity index (χ2v) is 3.75. The maximum atomic E-state index is 11.4. The van der Waals surface area contributed by atoms with Crippen molar-refractivity contribution in [2.45, 2.75) is 11.9 Å². The van der Waals surface area contributed by atoms with Crippen LogP contribution in [0.4, 0.5) is 0 Å². The zero-order chi connectivity index (χ0) is 10.7. The van der Waals surface area contributed by atoms with E-state index in [-0.39, 0.29) is 21.4 Å². The number of hydrogen-bond donors (Lipinski definition) is 0. The molecule has 0 saturated heterocycles. The zero-order valence-electron chi connectivity index (χ0n) is 7.55. The normalized spacial score (nSPS) is 12.5. The van der Waals surface area contributed by atoms with Gasteiger partial charge in [0.25, 0.3) is 0 Å². The van der Waals surface area contributed by atoms with Crippen LogP contribution < -0.4 is 4.90 Å². The van der Waals surface area contributed by atoms with E-state index in [0.717, 1.165) is 0 Å². The average Bonchev–Trinajstić information content (AvgIpc) is 2.47. The van der Waals surface area contributed by atoms with E-state index in [1.54, 1.807) is 0 Å². The second kappa shape index (κ2) is 4.29. The van der Waals surface area contributed by atoms with Gasteiger partial charge in [0, 0.05) is 18.1 Å². The molecule has 1 aromatic rings. The molecule has 0 aliphatic carbocycles. The molecule has 7 nitrogen and oxygen atoms in total. The van der Waals surface area contributed by atoms with E-state index in [2.05, 4.69) is 14.5 Å². The Labute approximate surface area is 82.4 Å². The van der Waals surface area contributed by atoms with E-state index >= 15 is 0 Å². The summed E-state index contributed by atoms with van der Waals surface area (Å²) in [6, 6.07) is 0.